The van der Waals surface area contributed by atoms with E-state index in [0.717, 1.165) is 29.5 Å². The van der Waals surface area contributed by atoms with Gasteiger partial charge in [0.1, 0.15) is 35.7 Å². The molecule has 560 valence electrons. The first-order valence-electron chi connectivity index (χ1n) is 35.1. The molecular weight excluding hydrogens is 1430 g/mol. The van der Waals surface area contributed by atoms with Crippen LogP contribution in [0.15, 0.2) is 60.9 Å². The molecule has 27 nitrogen and oxygen atoms in total. The molecule has 2 aromatic rings. The standard InChI is InChI=1S/C71H104N10O17S3.Zn/c1-4-5-7-15-55(84)36-53-45-100-43-51-32-50(42-99-31-12-16-56(85)39-77-25-23-76(38-47(2)82)24-27-78(40-63(88)89)29-30-79(28-26-77)41-64(90)91)33-52(34-51)44-101-46-54(71(97)98)37-61(86)58(35-49-13-8-6-9-14-49)74-66(92)57(19-20-62(72)87)73-68(94)65(48(3)83)75-67(93)59-17-10-21-80(59)70(96)60-18-11-22-81(60)69(53)95;/h6,8-9,13-14,32-34,48,53-54,57-60,65,82-83H,2,4-5,7,10-12,15-31,35-46H2,1,3H3,(H2,72,87)(H,73,94)(H,74,92)(H,75,93)(H,88,89)(H,90,91)(H,97,98);/t48-,53+,54+,57+,58+,59+,60+,65+;/m1./s1. The molecule has 3 saturated heterocycles. The molecule has 102 heavy (non-hydrogen) atoms. The zero-order valence-corrected chi connectivity index (χ0v) is 64.4. The number of rotatable bonds is 27. The van der Waals surface area contributed by atoms with Crippen molar-refractivity contribution in [3.63, 3.8) is 0 Å². The molecular formula is C71H104N10O17S3Zn. The summed E-state index contributed by atoms with van der Waals surface area (Å²) in [4.78, 5) is 174. The van der Waals surface area contributed by atoms with Gasteiger partial charge < -0.3 is 57.0 Å². The number of carbonyl (C=O) groups is 12. The molecule has 6 rings (SSSR count). The van der Waals surface area contributed by atoms with E-state index in [9.17, 15) is 83.1 Å². The Morgan fingerprint density at radius 2 is 1.18 bits per heavy atom. The minimum Gasteiger partial charge on any atom is -0.512 e. The summed E-state index contributed by atoms with van der Waals surface area (Å²) in [5, 5.41) is 58.9. The summed E-state index contributed by atoms with van der Waals surface area (Å²) in [6, 6.07) is 8.12. The van der Waals surface area contributed by atoms with Gasteiger partial charge in [0.05, 0.1) is 55.9 Å². The Hall–Kier alpha value is -6.31. The van der Waals surface area contributed by atoms with E-state index in [1.54, 1.807) is 51.9 Å². The number of thioether (sulfide) groups is 3. The first-order chi connectivity index (χ1) is 48.3. The normalized spacial score (nSPS) is 23.3. The van der Waals surface area contributed by atoms with Crippen LogP contribution in [0.1, 0.15) is 126 Å². The minimum absolute atomic E-state index is 0. The van der Waals surface area contributed by atoms with Gasteiger partial charge in [-0.25, -0.2) is 0 Å². The summed E-state index contributed by atoms with van der Waals surface area (Å²) >= 11 is 4.38. The third-order valence-corrected chi connectivity index (χ3v) is 21.9. The fourth-order valence-electron chi connectivity index (χ4n) is 13.1. The molecule has 8 atom stereocenters. The van der Waals surface area contributed by atoms with Crippen LogP contribution in [0.4, 0.5) is 0 Å². The van der Waals surface area contributed by atoms with Gasteiger partial charge in [-0.05, 0) is 86.3 Å². The van der Waals surface area contributed by atoms with Crippen LogP contribution in [0.5, 0.6) is 0 Å². The number of carboxylic acid groups (broad SMARTS) is 3. The van der Waals surface area contributed by atoms with E-state index in [2.05, 4.69) is 28.6 Å². The van der Waals surface area contributed by atoms with E-state index in [-0.39, 0.29) is 132 Å². The van der Waals surface area contributed by atoms with Crippen molar-refractivity contribution in [1.82, 2.24) is 45.3 Å². The second-order valence-corrected chi connectivity index (χ2v) is 30.0. The largest absolute Gasteiger partial charge is 0.512 e. The number of benzene rings is 2. The number of carboxylic acids is 3. The van der Waals surface area contributed by atoms with E-state index in [1.807, 2.05) is 28.9 Å². The molecule has 31 heteroatoms. The number of Topliss-reactive ketones (excluding diaryl/α,β-unsaturated/α-hetero) is 3. The van der Waals surface area contributed by atoms with Crippen molar-refractivity contribution in [2.45, 2.75) is 164 Å². The van der Waals surface area contributed by atoms with Gasteiger partial charge in [0.15, 0.2) is 5.78 Å². The van der Waals surface area contributed by atoms with E-state index < -0.39 is 114 Å². The second-order valence-electron chi connectivity index (χ2n) is 26.9. The molecule has 4 aliphatic heterocycles. The molecule has 3 fully saturated rings. The van der Waals surface area contributed by atoms with Crippen molar-refractivity contribution < 1.29 is 103 Å². The number of aliphatic carboxylic acids is 3. The fraction of sp³-hybridized carbons (Fsp3) is 0.634. The van der Waals surface area contributed by atoms with Crippen LogP contribution in [-0.4, -0.2) is 271 Å². The summed E-state index contributed by atoms with van der Waals surface area (Å²) in [5.41, 5.74) is 8.81. The average molecular weight is 1530 g/mol. The van der Waals surface area contributed by atoms with E-state index in [1.165, 1.54) is 40.2 Å². The molecule has 0 aromatic heterocycles. The number of carbonyl (C=O) groups excluding carboxylic acids is 9. The molecule has 0 unspecified atom stereocenters. The zero-order valence-electron chi connectivity index (χ0n) is 59.0. The average Bonchev–Trinajstić information content (AvgIpc) is 1.63. The summed E-state index contributed by atoms with van der Waals surface area (Å²) in [7, 11) is 0. The van der Waals surface area contributed by atoms with Gasteiger partial charge in [0.2, 0.25) is 35.4 Å². The van der Waals surface area contributed by atoms with Gasteiger partial charge in [-0.1, -0.05) is 74.9 Å². The Morgan fingerprint density at radius 1 is 0.627 bits per heavy atom. The van der Waals surface area contributed by atoms with Crippen LogP contribution in [-0.2, 0) is 101 Å². The number of nitrogens with two attached hydrogens (primary N) is 1. The Balaban J connectivity index is 0.0000187. The SMILES string of the molecule is C=C(O)CN1CCN(CC(=O)O)CCN(CC(=O)O)CCN(CC(=O)CCCSCc2cc3cc(c2)CSC[C@H](CC(=O)CCCCC)C(=O)N2CCC[C@H]2C(=O)N2CCC[C@H]2C(=O)N[C@@H]([C@@H](C)O)C(=O)N[C@@H](CCC(N)=O)C(=O)N[C@@H](Cc2ccccc2)C(=O)C[C@H](C(=O)O)CSC3)CC1.[Zn]. The maximum absolute atomic E-state index is 15.0. The topological polar surface area (TPSA) is 388 Å². The molecule has 0 radical (unpaired) electrons. The van der Waals surface area contributed by atoms with Gasteiger partial charge >= 0.3 is 17.9 Å². The van der Waals surface area contributed by atoms with Crippen LogP contribution in [0.2, 0.25) is 0 Å². The number of fused-ring (bicyclic) bond motifs is 4. The monoisotopic (exact) mass is 1530 g/mol. The van der Waals surface area contributed by atoms with Crippen molar-refractivity contribution in [2.75, 3.05) is 109 Å². The van der Waals surface area contributed by atoms with Crippen molar-refractivity contribution in [2.24, 2.45) is 17.6 Å². The number of unbranched alkanes of at least 4 members (excludes halogenated alkanes) is 2. The van der Waals surface area contributed by atoms with Crippen molar-refractivity contribution >= 4 is 106 Å². The molecule has 0 saturated carbocycles. The third kappa shape index (κ3) is 30.0. The predicted molar refractivity (Wildman–Crippen MR) is 385 cm³/mol. The Kier molecular flexibility index (Phi) is 38.2. The molecule has 6 amide bonds. The predicted octanol–water partition coefficient (Wildman–Crippen LogP) is 3.35. The fourth-order valence-corrected chi connectivity index (χ4v) is 16.1. The number of aliphatic hydroxyl groups excluding tert-OH is 2. The number of nitrogens with zero attached hydrogens (tertiary/aromatic N) is 6. The van der Waals surface area contributed by atoms with Crippen molar-refractivity contribution in [1.29, 1.82) is 0 Å². The van der Waals surface area contributed by atoms with Crippen LogP contribution in [0.25, 0.3) is 0 Å². The van der Waals surface area contributed by atoms with E-state index in [4.69, 9.17) is 5.73 Å². The van der Waals surface area contributed by atoms with Crippen LogP contribution < -0.4 is 21.7 Å². The Morgan fingerprint density at radius 3 is 1.74 bits per heavy atom. The summed E-state index contributed by atoms with van der Waals surface area (Å²) in [5.74, 6) is -8.40. The molecule has 2 bridgehead atoms. The van der Waals surface area contributed by atoms with Gasteiger partial charge in [0, 0.05) is 146 Å². The summed E-state index contributed by atoms with van der Waals surface area (Å²) in [6.07, 6.45) is 1.91. The number of ketones is 3. The number of aliphatic hydroxyl groups is 2. The molecule has 0 spiro atoms. The smallest absolute Gasteiger partial charge is 0.317 e. The zero-order chi connectivity index (χ0) is 73.5. The number of amides is 6. The number of hydrogen-bond acceptors (Lipinski definition) is 21. The molecule has 4 aliphatic rings. The molecule has 0 aliphatic carbocycles. The van der Waals surface area contributed by atoms with Crippen molar-refractivity contribution in [3.8, 4) is 0 Å². The van der Waals surface area contributed by atoms with Gasteiger partial charge in [-0.15, -0.1) is 0 Å². The molecule has 4 heterocycles. The van der Waals surface area contributed by atoms with Gasteiger partial charge in [-0.3, -0.25) is 77.1 Å². The number of hydrogen-bond donors (Lipinski definition) is 9. The first-order valence-corrected chi connectivity index (χ1v) is 38.6. The maximum atomic E-state index is 15.0. The van der Waals surface area contributed by atoms with Crippen LogP contribution in [0, 0.1) is 11.8 Å². The molecule has 10 N–H and O–H groups in total. The Bertz CT molecular complexity index is 3140. The second kappa shape index (κ2) is 45.1. The minimum atomic E-state index is -1.69. The summed E-state index contributed by atoms with van der Waals surface area (Å²) in [6.45, 7) is 9.98. The van der Waals surface area contributed by atoms with Crippen molar-refractivity contribution in [3.05, 3.63) is 83.1 Å². The summed E-state index contributed by atoms with van der Waals surface area (Å²) < 4.78 is 0. The van der Waals surface area contributed by atoms with Gasteiger partial charge in [-0.2, -0.15) is 35.3 Å². The number of primary amides is 1. The Labute approximate surface area is 623 Å². The van der Waals surface area contributed by atoms with E-state index >= 15 is 0 Å². The first kappa shape index (κ1) is 86.3. The number of nitrogens with one attached hydrogen (secondary N) is 3. The maximum Gasteiger partial charge on any atom is 0.317 e. The van der Waals surface area contributed by atoms with Crippen LogP contribution >= 0.6 is 35.3 Å². The molecule has 2 aromatic carbocycles. The quantitative estimate of drug-likeness (QED) is 0.0352. The van der Waals surface area contributed by atoms with Crippen LogP contribution in [0.3, 0.4) is 0 Å². The third-order valence-electron chi connectivity index (χ3n) is 18.5. The van der Waals surface area contributed by atoms with Gasteiger partial charge in [0.25, 0.3) is 0 Å². The van der Waals surface area contributed by atoms with E-state index in [0.29, 0.717) is 113 Å².